The Morgan fingerprint density at radius 2 is 1.79 bits per heavy atom. The van der Waals surface area contributed by atoms with Gasteiger partial charge < -0.3 is 9.15 Å². The first-order valence-corrected chi connectivity index (χ1v) is 8.96. The number of fused-ring (bicyclic) bond motifs is 1. The molecule has 0 amide bonds. The number of hydrogen-bond acceptors (Lipinski definition) is 5. The molecule has 0 unspecified atom stereocenters. The van der Waals surface area contributed by atoms with E-state index in [1.54, 1.807) is 6.07 Å². The number of aryl methyl sites for hydroxylation is 1. The Bertz CT molecular complexity index is 1070. The molecule has 0 aliphatic heterocycles. The number of hydrogen-bond donors (Lipinski definition) is 0. The molecular weight excluding hydrogens is 363 g/mol. The van der Waals surface area contributed by atoms with Crippen molar-refractivity contribution >= 4 is 22.7 Å². The van der Waals surface area contributed by atoms with E-state index in [-0.39, 0.29) is 25.2 Å². The highest BCUT2D eigenvalue weighted by Gasteiger charge is 2.12. The van der Waals surface area contributed by atoms with Gasteiger partial charge in [0.15, 0.2) is 5.78 Å². The molecule has 3 aromatic rings. The summed E-state index contributed by atoms with van der Waals surface area (Å²) < 4.78 is 23.3. The van der Waals surface area contributed by atoms with E-state index in [2.05, 4.69) is 0 Å². The maximum atomic E-state index is 12.9. The molecule has 0 fully saturated rings. The molecule has 0 spiro atoms. The van der Waals surface area contributed by atoms with E-state index >= 15 is 0 Å². The second-order valence-electron chi connectivity index (χ2n) is 6.37. The molecule has 0 atom stereocenters. The molecule has 5 nitrogen and oxygen atoms in total. The highest BCUT2D eigenvalue weighted by molar-refractivity contribution is 5.97. The second-order valence-corrected chi connectivity index (χ2v) is 6.37. The topological polar surface area (TPSA) is 73.6 Å². The Morgan fingerprint density at radius 3 is 2.50 bits per heavy atom. The van der Waals surface area contributed by atoms with Crippen LogP contribution < -0.4 is 5.63 Å². The number of halogens is 1. The zero-order chi connectivity index (χ0) is 20.1. The largest absolute Gasteiger partial charge is 0.461 e. The van der Waals surface area contributed by atoms with Crippen LogP contribution in [0.15, 0.2) is 57.7 Å². The van der Waals surface area contributed by atoms with Crippen molar-refractivity contribution in [3.63, 3.8) is 0 Å². The Morgan fingerprint density at radius 1 is 1.04 bits per heavy atom. The minimum absolute atomic E-state index is 0.0397. The molecule has 144 valence electrons. The van der Waals surface area contributed by atoms with Gasteiger partial charge in [0.2, 0.25) is 0 Å². The van der Waals surface area contributed by atoms with Gasteiger partial charge in [-0.05, 0) is 42.3 Å². The van der Waals surface area contributed by atoms with Crippen LogP contribution in [0.25, 0.3) is 11.0 Å². The lowest BCUT2D eigenvalue weighted by Gasteiger charge is -2.08. The zero-order valence-corrected chi connectivity index (χ0v) is 15.4. The van der Waals surface area contributed by atoms with Crippen LogP contribution in [0.4, 0.5) is 4.39 Å². The minimum atomic E-state index is -0.554. The molecule has 3 rings (SSSR count). The molecule has 0 aliphatic rings. The molecule has 2 aromatic carbocycles. The Kier molecular flexibility index (Phi) is 5.99. The predicted octanol–water partition coefficient (Wildman–Crippen LogP) is 4.20. The van der Waals surface area contributed by atoms with Crippen LogP contribution in [0.2, 0.25) is 0 Å². The van der Waals surface area contributed by atoms with E-state index in [1.807, 2.05) is 19.1 Å². The van der Waals surface area contributed by atoms with Crippen molar-refractivity contribution in [1.82, 2.24) is 0 Å². The van der Waals surface area contributed by atoms with Gasteiger partial charge in [-0.3, -0.25) is 9.59 Å². The van der Waals surface area contributed by atoms with Gasteiger partial charge in [-0.15, -0.1) is 0 Å². The van der Waals surface area contributed by atoms with Gasteiger partial charge in [-0.2, -0.15) is 0 Å². The van der Waals surface area contributed by atoms with Crippen molar-refractivity contribution in [2.75, 3.05) is 0 Å². The van der Waals surface area contributed by atoms with Crippen molar-refractivity contribution in [3.05, 3.63) is 81.5 Å². The van der Waals surface area contributed by atoms with Gasteiger partial charge in [0.1, 0.15) is 18.0 Å². The SMILES string of the molecule is CCc1ccc2c(COC(=O)CCC(=O)c3ccc(F)cc3)cc(=O)oc2c1. The zero-order valence-electron chi connectivity index (χ0n) is 15.4. The number of benzene rings is 2. The van der Waals surface area contributed by atoms with Gasteiger partial charge >= 0.3 is 11.6 Å². The van der Waals surface area contributed by atoms with Crippen LogP contribution >= 0.6 is 0 Å². The quantitative estimate of drug-likeness (QED) is 0.348. The number of carbonyl (C=O) groups is 2. The lowest BCUT2D eigenvalue weighted by Crippen LogP contribution is -2.10. The third kappa shape index (κ3) is 4.71. The van der Waals surface area contributed by atoms with Crippen LogP contribution in [0, 0.1) is 5.82 Å². The number of rotatable bonds is 7. The monoisotopic (exact) mass is 382 g/mol. The van der Waals surface area contributed by atoms with Crippen molar-refractivity contribution in [2.45, 2.75) is 32.8 Å². The van der Waals surface area contributed by atoms with Crippen LogP contribution in [-0.4, -0.2) is 11.8 Å². The summed E-state index contributed by atoms with van der Waals surface area (Å²) in [6, 6.07) is 12.0. The molecule has 1 heterocycles. The third-order valence-electron chi connectivity index (χ3n) is 4.41. The van der Waals surface area contributed by atoms with E-state index < -0.39 is 17.4 Å². The molecule has 0 saturated heterocycles. The van der Waals surface area contributed by atoms with Crippen LogP contribution in [0.5, 0.6) is 0 Å². The summed E-state index contributed by atoms with van der Waals surface area (Å²) in [5, 5.41) is 0.701. The number of ketones is 1. The first kappa shape index (κ1) is 19.5. The normalized spacial score (nSPS) is 10.8. The number of ether oxygens (including phenoxy) is 1. The van der Waals surface area contributed by atoms with Gasteiger partial charge in [0.05, 0.1) is 6.42 Å². The fourth-order valence-corrected chi connectivity index (χ4v) is 2.84. The standard InChI is InChI=1S/C22H19FO5/c1-2-14-3-8-18-16(12-22(26)28-20(18)11-14)13-27-21(25)10-9-19(24)15-4-6-17(23)7-5-15/h3-8,11-12H,2,9-10,13H2,1H3. The molecule has 1 aromatic heterocycles. The molecular formula is C22H19FO5. The van der Waals surface area contributed by atoms with E-state index in [1.165, 1.54) is 30.3 Å². The van der Waals surface area contributed by atoms with E-state index in [4.69, 9.17) is 9.15 Å². The fraction of sp³-hybridized carbons (Fsp3) is 0.227. The Hall–Kier alpha value is -3.28. The minimum Gasteiger partial charge on any atom is -0.461 e. The third-order valence-corrected chi connectivity index (χ3v) is 4.41. The Labute approximate surface area is 160 Å². The van der Waals surface area contributed by atoms with Crippen LogP contribution in [-0.2, 0) is 22.6 Å². The maximum absolute atomic E-state index is 12.9. The van der Waals surface area contributed by atoms with Crippen molar-refractivity contribution in [3.8, 4) is 0 Å². The van der Waals surface area contributed by atoms with E-state index in [0.717, 1.165) is 12.0 Å². The van der Waals surface area contributed by atoms with Gasteiger partial charge in [-0.1, -0.05) is 19.1 Å². The predicted molar refractivity (Wildman–Crippen MR) is 102 cm³/mol. The fourth-order valence-electron chi connectivity index (χ4n) is 2.84. The average molecular weight is 382 g/mol. The highest BCUT2D eigenvalue weighted by Crippen LogP contribution is 2.20. The smallest absolute Gasteiger partial charge is 0.336 e. The maximum Gasteiger partial charge on any atom is 0.336 e. The van der Waals surface area contributed by atoms with E-state index in [0.29, 0.717) is 22.1 Å². The van der Waals surface area contributed by atoms with E-state index in [9.17, 15) is 18.8 Å². The summed E-state index contributed by atoms with van der Waals surface area (Å²) in [5.74, 6) is -1.25. The van der Waals surface area contributed by atoms with Gasteiger partial charge in [0.25, 0.3) is 0 Å². The van der Waals surface area contributed by atoms with Gasteiger partial charge in [-0.25, -0.2) is 9.18 Å². The molecule has 6 heteroatoms. The van der Waals surface area contributed by atoms with Crippen molar-refractivity contribution < 1.29 is 23.1 Å². The number of carbonyl (C=O) groups excluding carboxylic acids is 2. The number of esters is 1. The molecule has 0 N–H and O–H groups in total. The summed E-state index contributed by atoms with van der Waals surface area (Å²) in [7, 11) is 0. The molecule has 0 bridgehead atoms. The van der Waals surface area contributed by atoms with Crippen molar-refractivity contribution in [1.29, 1.82) is 0 Å². The molecule has 0 radical (unpaired) electrons. The molecule has 0 saturated carbocycles. The van der Waals surface area contributed by atoms with Crippen molar-refractivity contribution in [2.24, 2.45) is 0 Å². The second kappa shape index (κ2) is 8.61. The summed E-state index contributed by atoms with van der Waals surface area (Å²) in [5.41, 5.74) is 1.85. The summed E-state index contributed by atoms with van der Waals surface area (Å²) in [6.07, 6.45) is 0.665. The lowest BCUT2D eigenvalue weighted by atomic mass is 10.1. The van der Waals surface area contributed by atoms with Crippen LogP contribution in [0.1, 0.15) is 41.3 Å². The molecule has 0 aliphatic carbocycles. The summed E-state index contributed by atoms with van der Waals surface area (Å²) >= 11 is 0. The van der Waals surface area contributed by atoms with Gasteiger partial charge in [0, 0.05) is 29.0 Å². The summed E-state index contributed by atoms with van der Waals surface area (Å²) in [4.78, 5) is 35.8. The number of Topliss-reactive ketones (excluding diaryl/α,β-unsaturated/α-hetero) is 1. The molecule has 28 heavy (non-hydrogen) atoms. The lowest BCUT2D eigenvalue weighted by molar-refractivity contribution is -0.144. The summed E-state index contributed by atoms with van der Waals surface area (Å²) in [6.45, 7) is 1.91. The highest BCUT2D eigenvalue weighted by atomic mass is 19.1. The first-order valence-electron chi connectivity index (χ1n) is 8.96. The average Bonchev–Trinajstić information content (AvgIpc) is 2.70. The van der Waals surface area contributed by atoms with Crippen LogP contribution in [0.3, 0.4) is 0 Å². The first-order chi connectivity index (χ1) is 13.5. The Balaban J connectivity index is 1.62.